The monoisotopic (exact) mass is 404 g/mol. The molecule has 1 aliphatic heterocycles. The molecular formula is C20H22ClFN4O2. The van der Waals surface area contributed by atoms with Gasteiger partial charge in [0.05, 0.1) is 29.8 Å². The average Bonchev–Trinajstić information content (AvgIpc) is 3.12. The molecule has 28 heavy (non-hydrogen) atoms. The first-order chi connectivity index (χ1) is 13.4. The molecule has 0 bridgehead atoms. The Morgan fingerprint density at radius 2 is 2.21 bits per heavy atom. The van der Waals surface area contributed by atoms with Crippen LogP contribution in [0.4, 0.5) is 4.39 Å². The molecule has 1 N–H and O–H groups in total. The summed E-state index contributed by atoms with van der Waals surface area (Å²) in [6, 6.07) is 5.96. The summed E-state index contributed by atoms with van der Waals surface area (Å²) in [6.45, 7) is 4.68. The second-order valence-corrected chi connectivity index (χ2v) is 7.14. The van der Waals surface area contributed by atoms with E-state index in [1.165, 1.54) is 12.1 Å². The Labute approximate surface area is 168 Å². The molecule has 2 aromatic rings. The second kappa shape index (κ2) is 8.56. The zero-order valence-electron chi connectivity index (χ0n) is 15.6. The Morgan fingerprint density at radius 1 is 1.43 bits per heavy atom. The van der Waals surface area contributed by atoms with E-state index in [2.05, 4.69) is 16.9 Å². The number of rotatable bonds is 5. The van der Waals surface area contributed by atoms with Crippen molar-refractivity contribution in [3.05, 3.63) is 60.4 Å². The highest BCUT2D eigenvalue weighted by Gasteiger charge is 2.34. The molecule has 1 fully saturated rings. The van der Waals surface area contributed by atoms with Crippen LogP contribution in [-0.4, -0.2) is 51.3 Å². The molecular weight excluding hydrogens is 383 g/mol. The molecule has 148 valence electrons. The maximum Gasteiger partial charge on any atom is 0.255 e. The zero-order valence-corrected chi connectivity index (χ0v) is 16.3. The summed E-state index contributed by atoms with van der Waals surface area (Å²) in [4.78, 5) is 30.5. The van der Waals surface area contributed by atoms with E-state index in [-0.39, 0.29) is 35.5 Å². The highest BCUT2D eigenvalue weighted by atomic mass is 35.5. The summed E-state index contributed by atoms with van der Waals surface area (Å²) in [5, 5.41) is 2.87. The highest BCUT2D eigenvalue weighted by molar-refractivity contribution is 6.27. The van der Waals surface area contributed by atoms with Crippen LogP contribution in [0.2, 0.25) is 0 Å². The third-order valence-electron chi connectivity index (χ3n) is 5.03. The molecule has 1 aromatic heterocycles. The van der Waals surface area contributed by atoms with Gasteiger partial charge in [-0.15, -0.1) is 11.6 Å². The fraction of sp³-hybridized carbons (Fsp3) is 0.350. The number of amides is 2. The summed E-state index contributed by atoms with van der Waals surface area (Å²) in [7, 11) is 1.79. The van der Waals surface area contributed by atoms with Gasteiger partial charge >= 0.3 is 0 Å². The van der Waals surface area contributed by atoms with Crippen LogP contribution in [0.5, 0.6) is 0 Å². The number of hydrogen-bond donors (Lipinski definition) is 1. The van der Waals surface area contributed by atoms with Crippen molar-refractivity contribution in [2.75, 3.05) is 19.0 Å². The van der Waals surface area contributed by atoms with Crippen molar-refractivity contribution >= 4 is 29.0 Å². The van der Waals surface area contributed by atoms with E-state index in [1.807, 2.05) is 6.07 Å². The van der Waals surface area contributed by atoms with Crippen molar-refractivity contribution in [3.8, 4) is 0 Å². The molecule has 0 radical (unpaired) electrons. The lowest BCUT2D eigenvalue weighted by molar-refractivity contribution is -0.128. The molecule has 1 saturated heterocycles. The molecule has 0 unspecified atom stereocenters. The third-order valence-corrected chi connectivity index (χ3v) is 5.27. The topological polar surface area (TPSA) is 67.2 Å². The highest BCUT2D eigenvalue weighted by Crippen LogP contribution is 2.30. The summed E-state index contributed by atoms with van der Waals surface area (Å²) in [6.07, 6.45) is 3.78. The Bertz CT molecular complexity index is 898. The van der Waals surface area contributed by atoms with Crippen molar-refractivity contribution in [1.82, 2.24) is 19.8 Å². The molecule has 3 rings (SSSR count). The number of aromatic nitrogens is 2. The molecule has 2 atom stereocenters. The largest absolute Gasteiger partial charge is 0.350 e. The standard InChI is InChI=1S/C20H22ClFN4O2/c1-13(18-10-23-12-25(18)2)20(28)26-7-6-16(14-4-3-5-15(22)8-14)17(11-26)24-19(27)9-21/h3-5,8,10,12,16-17H,1,6-7,9,11H2,2H3,(H,24,27)/t16-,17+/m0/s1. The lowest BCUT2D eigenvalue weighted by Crippen LogP contribution is -2.53. The van der Waals surface area contributed by atoms with Gasteiger partial charge in [-0.05, 0) is 24.1 Å². The summed E-state index contributed by atoms with van der Waals surface area (Å²) in [5.41, 5.74) is 1.77. The number of halogens is 2. The van der Waals surface area contributed by atoms with Crippen LogP contribution in [0, 0.1) is 5.82 Å². The van der Waals surface area contributed by atoms with E-state index >= 15 is 0 Å². The third kappa shape index (κ3) is 4.25. The molecule has 6 nitrogen and oxygen atoms in total. The van der Waals surface area contributed by atoms with Crippen LogP contribution in [0.3, 0.4) is 0 Å². The van der Waals surface area contributed by atoms with Crippen LogP contribution in [0.25, 0.3) is 5.57 Å². The molecule has 1 aliphatic rings. The molecule has 0 spiro atoms. The van der Waals surface area contributed by atoms with Gasteiger partial charge in [0.1, 0.15) is 11.7 Å². The predicted octanol–water partition coefficient (Wildman–Crippen LogP) is 2.31. The molecule has 2 amide bonds. The van der Waals surface area contributed by atoms with Gasteiger partial charge in [-0.2, -0.15) is 0 Å². The van der Waals surface area contributed by atoms with Crippen LogP contribution < -0.4 is 5.32 Å². The van der Waals surface area contributed by atoms with E-state index in [0.29, 0.717) is 30.8 Å². The Hall–Kier alpha value is -2.67. The number of benzene rings is 1. The number of alkyl halides is 1. The van der Waals surface area contributed by atoms with Gasteiger partial charge in [-0.1, -0.05) is 18.7 Å². The molecule has 0 aliphatic carbocycles. The summed E-state index contributed by atoms with van der Waals surface area (Å²) < 4.78 is 15.4. The van der Waals surface area contributed by atoms with Crippen molar-refractivity contribution in [3.63, 3.8) is 0 Å². The lowest BCUT2D eigenvalue weighted by atomic mass is 9.85. The minimum Gasteiger partial charge on any atom is -0.350 e. The quantitative estimate of drug-likeness (QED) is 0.614. The number of carbonyl (C=O) groups excluding carboxylic acids is 2. The van der Waals surface area contributed by atoms with Gasteiger partial charge in [0.15, 0.2) is 0 Å². The van der Waals surface area contributed by atoms with E-state index in [4.69, 9.17) is 11.6 Å². The number of piperidine rings is 1. The first-order valence-corrected chi connectivity index (χ1v) is 9.49. The Morgan fingerprint density at radius 3 is 2.86 bits per heavy atom. The molecule has 8 heteroatoms. The fourth-order valence-electron chi connectivity index (χ4n) is 3.61. The van der Waals surface area contributed by atoms with Crippen molar-refractivity contribution in [1.29, 1.82) is 0 Å². The van der Waals surface area contributed by atoms with Crippen LogP contribution in [-0.2, 0) is 16.6 Å². The SMILES string of the molecule is C=C(C(=O)N1CC[C@@H](c2cccc(F)c2)[C@H](NC(=O)CCl)C1)c1cncn1C. The first-order valence-electron chi connectivity index (χ1n) is 8.96. The van der Waals surface area contributed by atoms with E-state index in [1.54, 1.807) is 35.1 Å². The van der Waals surface area contributed by atoms with Gasteiger partial charge < -0.3 is 14.8 Å². The maximum atomic E-state index is 13.7. The van der Waals surface area contributed by atoms with Gasteiger partial charge in [-0.3, -0.25) is 9.59 Å². The Balaban J connectivity index is 1.80. The van der Waals surface area contributed by atoms with E-state index in [9.17, 15) is 14.0 Å². The van der Waals surface area contributed by atoms with Crippen LogP contribution in [0.1, 0.15) is 23.6 Å². The number of aryl methyl sites for hydroxylation is 1. The van der Waals surface area contributed by atoms with Crippen molar-refractivity contribution in [2.24, 2.45) is 7.05 Å². The maximum absolute atomic E-state index is 13.7. The fourth-order valence-corrected chi connectivity index (χ4v) is 3.69. The van der Waals surface area contributed by atoms with Gasteiger partial charge in [0.25, 0.3) is 5.91 Å². The second-order valence-electron chi connectivity index (χ2n) is 6.88. The van der Waals surface area contributed by atoms with Gasteiger partial charge in [-0.25, -0.2) is 9.37 Å². The summed E-state index contributed by atoms with van der Waals surface area (Å²) in [5.74, 6) is -1.17. The number of nitrogens with zero attached hydrogens (tertiary/aromatic N) is 3. The van der Waals surface area contributed by atoms with Crippen molar-refractivity contribution < 1.29 is 14.0 Å². The number of carbonyl (C=O) groups is 2. The van der Waals surface area contributed by atoms with Crippen molar-refractivity contribution in [2.45, 2.75) is 18.4 Å². The Kier molecular flexibility index (Phi) is 6.14. The minimum atomic E-state index is -0.370. The minimum absolute atomic E-state index is 0.114. The lowest BCUT2D eigenvalue weighted by Gasteiger charge is -2.39. The molecule has 2 heterocycles. The smallest absolute Gasteiger partial charge is 0.255 e. The van der Waals surface area contributed by atoms with E-state index in [0.717, 1.165) is 5.56 Å². The first kappa shape index (κ1) is 20.1. The van der Waals surface area contributed by atoms with Crippen LogP contribution in [0.15, 0.2) is 43.4 Å². The average molecular weight is 405 g/mol. The summed E-state index contributed by atoms with van der Waals surface area (Å²) >= 11 is 5.65. The number of imidazole rings is 1. The predicted molar refractivity (Wildman–Crippen MR) is 105 cm³/mol. The number of hydrogen-bond acceptors (Lipinski definition) is 3. The van der Waals surface area contributed by atoms with Gasteiger partial charge in [0, 0.05) is 26.1 Å². The van der Waals surface area contributed by atoms with Gasteiger partial charge in [0.2, 0.25) is 5.91 Å². The molecule has 0 saturated carbocycles. The van der Waals surface area contributed by atoms with E-state index < -0.39 is 0 Å². The molecule has 1 aromatic carbocycles. The van der Waals surface area contributed by atoms with Crippen LogP contribution >= 0.6 is 11.6 Å². The normalized spacial score (nSPS) is 19.3. The number of likely N-dealkylation sites (tertiary alicyclic amines) is 1. The zero-order chi connectivity index (χ0) is 20.3. The number of nitrogens with one attached hydrogen (secondary N) is 1.